The smallest absolute Gasteiger partial charge is 0.00952 e. The van der Waals surface area contributed by atoms with Crippen LogP contribution in [0.2, 0.25) is 0 Å². The number of nitrogens with two attached hydrogens (primary N) is 1. The SMILES string of the molecule is CCCCC(CCC)N1CCC(CN)C1. The number of hydrogen-bond acceptors (Lipinski definition) is 2. The summed E-state index contributed by atoms with van der Waals surface area (Å²) in [6.45, 7) is 8.01. The lowest BCUT2D eigenvalue weighted by atomic mass is 10.0. The van der Waals surface area contributed by atoms with E-state index in [-0.39, 0.29) is 0 Å². The summed E-state index contributed by atoms with van der Waals surface area (Å²) in [7, 11) is 0. The Balaban J connectivity index is 2.34. The second kappa shape index (κ2) is 7.24. The summed E-state index contributed by atoms with van der Waals surface area (Å²) < 4.78 is 0. The number of rotatable bonds is 7. The van der Waals surface area contributed by atoms with Gasteiger partial charge >= 0.3 is 0 Å². The molecule has 0 radical (unpaired) electrons. The minimum absolute atomic E-state index is 0.769. The first kappa shape index (κ1) is 13.0. The van der Waals surface area contributed by atoms with Crippen LogP contribution >= 0.6 is 0 Å². The Labute approximate surface area is 95.2 Å². The standard InChI is InChI=1S/C13H28N2/c1-3-5-7-13(6-4-2)15-9-8-12(10-14)11-15/h12-13H,3-11,14H2,1-2H3. The van der Waals surface area contributed by atoms with Gasteiger partial charge in [0.05, 0.1) is 0 Å². The quantitative estimate of drug-likeness (QED) is 0.703. The minimum atomic E-state index is 0.769. The topological polar surface area (TPSA) is 29.3 Å². The average Bonchev–Trinajstić information content (AvgIpc) is 2.72. The second-order valence-corrected chi connectivity index (χ2v) is 4.97. The molecule has 2 unspecified atom stereocenters. The summed E-state index contributed by atoms with van der Waals surface area (Å²) in [5, 5.41) is 0. The fourth-order valence-electron chi connectivity index (χ4n) is 2.67. The van der Waals surface area contributed by atoms with Crippen LogP contribution in [0.1, 0.15) is 52.4 Å². The third-order valence-electron chi connectivity index (χ3n) is 3.68. The molecular weight excluding hydrogens is 184 g/mol. The van der Waals surface area contributed by atoms with E-state index in [0.717, 1.165) is 18.5 Å². The maximum atomic E-state index is 5.74. The molecule has 0 aliphatic carbocycles. The zero-order chi connectivity index (χ0) is 11.1. The zero-order valence-electron chi connectivity index (χ0n) is 10.5. The van der Waals surface area contributed by atoms with Gasteiger partial charge in [-0.05, 0) is 38.3 Å². The summed E-state index contributed by atoms with van der Waals surface area (Å²) in [4.78, 5) is 2.69. The highest BCUT2D eigenvalue weighted by molar-refractivity contribution is 4.81. The van der Waals surface area contributed by atoms with Gasteiger partial charge in [-0.15, -0.1) is 0 Å². The molecule has 0 amide bonds. The molecule has 1 aliphatic rings. The number of likely N-dealkylation sites (tertiary alicyclic amines) is 1. The Morgan fingerprint density at radius 1 is 1.27 bits per heavy atom. The van der Waals surface area contributed by atoms with Crippen molar-refractivity contribution in [1.82, 2.24) is 4.90 Å². The minimum Gasteiger partial charge on any atom is -0.330 e. The lowest BCUT2D eigenvalue weighted by molar-refractivity contribution is 0.207. The third kappa shape index (κ3) is 4.12. The van der Waals surface area contributed by atoms with Crippen molar-refractivity contribution in [1.29, 1.82) is 0 Å². The van der Waals surface area contributed by atoms with Crippen LogP contribution in [0.3, 0.4) is 0 Å². The molecule has 0 saturated carbocycles. The van der Waals surface area contributed by atoms with Crippen molar-refractivity contribution in [2.75, 3.05) is 19.6 Å². The summed E-state index contributed by atoms with van der Waals surface area (Å²) in [5.74, 6) is 0.769. The number of hydrogen-bond donors (Lipinski definition) is 1. The van der Waals surface area contributed by atoms with Crippen LogP contribution in [-0.2, 0) is 0 Å². The van der Waals surface area contributed by atoms with E-state index in [2.05, 4.69) is 18.7 Å². The Morgan fingerprint density at radius 2 is 2.07 bits per heavy atom. The molecule has 2 nitrogen and oxygen atoms in total. The maximum Gasteiger partial charge on any atom is 0.00952 e. The normalized spacial score (nSPS) is 24.6. The number of unbranched alkanes of at least 4 members (excludes halogenated alkanes) is 1. The van der Waals surface area contributed by atoms with Crippen LogP contribution in [0.5, 0.6) is 0 Å². The molecule has 1 heterocycles. The highest BCUT2D eigenvalue weighted by Crippen LogP contribution is 2.22. The van der Waals surface area contributed by atoms with Crippen molar-refractivity contribution in [3.8, 4) is 0 Å². The summed E-state index contributed by atoms with van der Waals surface area (Å²) >= 11 is 0. The van der Waals surface area contributed by atoms with Crippen molar-refractivity contribution in [2.45, 2.75) is 58.4 Å². The maximum absolute atomic E-state index is 5.74. The van der Waals surface area contributed by atoms with E-state index < -0.39 is 0 Å². The largest absolute Gasteiger partial charge is 0.330 e. The van der Waals surface area contributed by atoms with Crippen LogP contribution in [0.15, 0.2) is 0 Å². The highest BCUT2D eigenvalue weighted by Gasteiger charge is 2.26. The molecule has 0 aromatic heterocycles. The molecule has 1 fully saturated rings. The van der Waals surface area contributed by atoms with Crippen LogP contribution in [0, 0.1) is 5.92 Å². The van der Waals surface area contributed by atoms with E-state index in [0.29, 0.717) is 0 Å². The monoisotopic (exact) mass is 212 g/mol. The van der Waals surface area contributed by atoms with Crippen LogP contribution < -0.4 is 5.73 Å². The molecule has 0 bridgehead atoms. The Morgan fingerprint density at radius 3 is 2.60 bits per heavy atom. The lowest BCUT2D eigenvalue weighted by Gasteiger charge is -2.27. The van der Waals surface area contributed by atoms with E-state index >= 15 is 0 Å². The van der Waals surface area contributed by atoms with Crippen molar-refractivity contribution in [3.05, 3.63) is 0 Å². The van der Waals surface area contributed by atoms with Crippen molar-refractivity contribution in [2.24, 2.45) is 11.7 Å². The molecule has 2 heteroatoms. The molecule has 1 aliphatic heterocycles. The molecule has 15 heavy (non-hydrogen) atoms. The molecule has 1 rings (SSSR count). The van der Waals surface area contributed by atoms with E-state index in [4.69, 9.17) is 5.73 Å². The number of nitrogens with zero attached hydrogens (tertiary/aromatic N) is 1. The summed E-state index contributed by atoms with van der Waals surface area (Å²) in [6.07, 6.45) is 8.11. The van der Waals surface area contributed by atoms with Crippen LogP contribution in [-0.4, -0.2) is 30.6 Å². The third-order valence-corrected chi connectivity index (χ3v) is 3.68. The van der Waals surface area contributed by atoms with Gasteiger partial charge in [-0.3, -0.25) is 0 Å². The highest BCUT2D eigenvalue weighted by atomic mass is 15.2. The Bertz CT molecular complexity index is 159. The Hall–Kier alpha value is -0.0800. The zero-order valence-corrected chi connectivity index (χ0v) is 10.5. The van der Waals surface area contributed by atoms with Crippen LogP contribution in [0.4, 0.5) is 0 Å². The molecule has 2 atom stereocenters. The summed E-state index contributed by atoms with van der Waals surface area (Å²) in [5.41, 5.74) is 5.74. The van der Waals surface area contributed by atoms with E-state index in [9.17, 15) is 0 Å². The van der Waals surface area contributed by atoms with Gasteiger partial charge in [0.1, 0.15) is 0 Å². The van der Waals surface area contributed by atoms with Crippen LogP contribution in [0.25, 0.3) is 0 Å². The molecule has 90 valence electrons. The van der Waals surface area contributed by atoms with Crippen molar-refractivity contribution < 1.29 is 0 Å². The van der Waals surface area contributed by atoms with E-state index in [1.54, 1.807) is 0 Å². The van der Waals surface area contributed by atoms with E-state index in [1.807, 2.05) is 0 Å². The van der Waals surface area contributed by atoms with Gasteiger partial charge < -0.3 is 10.6 Å². The molecule has 1 saturated heterocycles. The molecule has 2 N–H and O–H groups in total. The van der Waals surface area contributed by atoms with Gasteiger partial charge in [0.25, 0.3) is 0 Å². The molecule has 0 spiro atoms. The predicted molar refractivity (Wildman–Crippen MR) is 67.0 cm³/mol. The lowest BCUT2D eigenvalue weighted by Crippen LogP contribution is -2.34. The summed E-state index contributed by atoms with van der Waals surface area (Å²) in [6, 6.07) is 0.839. The molecule has 0 aromatic carbocycles. The fraction of sp³-hybridized carbons (Fsp3) is 1.00. The van der Waals surface area contributed by atoms with Gasteiger partial charge in [0.15, 0.2) is 0 Å². The van der Waals surface area contributed by atoms with Gasteiger partial charge in [-0.1, -0.05) is 33.1 Å². The first-order chi connectivity index (χ1) is 7.31. The van der Waals surface area contributed by atoms with Gasteiger partial charge in [0, 0.05) is 12.6 Å². The van der Waals surface area contributed by atoms with Gasteiger partial charge in [-0.25, -0.2) is 0 Å². The Kier molecular flexibility index (Phi) is 6.26. The van der Waals surface area contributed by atoms with Gasteiger partial charge in [-0.2, -0.15) is 0 Å². The predicted octanol–water partition coefficient (Wildman–Crippen LogP) is 2.63. The first-order valence-corrected chi connectivity index (χ1v) is 6.75. The average molecular weight is 212 g/mol. The van der Waals surface area contributed by atoms with Crippen molar-refractivity contribution >= 4 is 0 Å². The van der Waals surface area contributed by atoms with E-state index in [1.165, 1.54) is 51.6 Å². The van der Waals surface area contributed by atoms with Crippen molar-refractivity contribution in [3.63, 3.8) is 0 Å². The van der Waals surface area contributed by atoms with Gasteiger partial charge in [0.2, 0.25) is 0 Å². The first-order valence-electron chi connectivity index (χ1n) is 6.75. The molecule has 0 aromatic rings. The fourth-order valence-corrected chi connectivity index (χ4v) is 2.67. The molecular formula is C13H28N2. The second-order valence-electron chi connectivity index (χ2n) is 4.97.